The minimum atomic E-state index is -4.98. The Bertz CT molecular complexity index is 1150. The Morgan fingerprint density at radius 2 is 1.59 bits per heavy atom. The van der Waals surface area contributed by atoms with Crippen LogP contribution >= 0.6 is 0 Å². The number of aliphatic hydroxyl groups excluding tert-OH is 3. The van der Waals surface area contributed by atoms with Crippen LogP contribution in [0, 0.1) is 0 Å². The number of aliphatic hydroxyl groups is 3. The quantitative estimate of drug-likeness (QED) is 0.399. The second-order valence-electron chi connectivity index (χ2n) is 7.54. The molecule has 3 aromatic rings. The van der Waals surface area contributed by atoms with Crippen molar-refractivity contribution in [3.63, 3.8) is 0 Å². The van der Waals surface area contributed by atoms with Crippen molar-refractivity contribution in [2.75, 3.05) is 11.9 Å². The molecule has 9 nitrogen and oxygen atoms in total. The molecule has 184 valence electrons. The predicted molar refractivity (Wildman–Crippen MR) is 102 cm³/mol. The molecule has 1 aliphatic heterocycles. The molecule has 0 amide bonds. The molecule has 0 aliphatic carbocycles. The smallest absolute Gasteiger partial charge is 0.394 e. The predicted octanol–water partition coefficient (Wildman–Crippen LogP) is 2.09. The summed E-state index contributed by atoms with van der Waals surface area (Å²) in [5.74, 6) is 0.00136. The minimum Gasteiger partial charge on any atom is -0.394 e. The zero-order chi connectivity index (χ0) is 24.8. The molecule has 15 heteroatoms. The zero-order valence-electron chi connectivity index (χ0n) is 16.9. The van der Waals surface area contributed by atoms with E-state index < -0.39 is 61.2 Å². The zero-order valence-corrected chi connectivity index (χ0v) is 16.9. The van der Waals surface area contributed by atoms with E-state index in [4.69, 9.17) is 4.74 Å². The Labute approximate surface area is 186 Å². The monoisotopic (exact) mass is 493 g/mol. The van der Waals surface area contributed by atoms with Gasteiger partial charge in [0.15, 0.2) is 23.2 Å². The molecule has 3 heterocycles. The van der Waals surface area contributed by atoms with E-state index in [1.54, 1.807) is 0 Å². The Morgan fingerprint density at radius 1 is 0.941 bits per heavy atom. The minimum absolute atomic E-state index is 0.00136. The van der Waals surface area contributed by atoms with Crippen molar-refractivity contribution in [3.8, 4) is 0 Å². The average Bonchev–Trinajstić information content (AvgIpc) is 3.32. The topological polar surface area (TPSA) is 126 Å². The van der Waals surface area contributed by atoms with Crippen molar-refractivity contribution in [1.29, 1.82) is 0 Å². The number of halogens is 6. The summed E-state index contributed by atoms with van der Waals surface area (Å²) in [5.41, 5.74) is -2.99. The van der Waals surface area contributed by atoms with Gasteiger partial charge < -0.3 is 25.4 Å². The molecule has 1 aromatic carbocycles. The Hall–Kier alpha value is -3.01. The molecule has 0 radical (unpaired) electrons. The number of rotatable bonds is 5. The van der Waals surface area contributed by atoms with Gasteiger partial charge >= 0.3 is 12.4 Å². The Morgan fingerprint density at radius 3 is 2.15 bits per heavy atom. The van der Waals surface area contributed by atoms with Gasteiger partial charge in [-0.05, 0) is 23.8 Å². The highest BCUT2D eigenvalue weighted by molar-refractivity contribution is 5.82. The number of hydrogen-bond acceptors (Lipinski definition) is 8. The van der Waals surface area contributed by atoms with E-state index in [2.05, 4.69) is 20.3 Å². The number of ether oxygens (including phenoxy) is 1. The Kier molecular flexibility index (Phi) is 6.14. The second-order valence-corrected chi connectivity index (χ2v) is 7.54. The average molecular weight is 493 g/mol. The number of hydrogen-bond donors (Lipinski definition) is 4. The molecule has 0 saturated carbocycles. The molecule has 4 atom stereocenters. The van der Waals surface area contributed by atoms with E-state index in [9.17, 15) is 41.7 Å². The molecule has 0 unspecified atom stereocenters. The standard InChI is InChI=1S/C19H17F6N5O4/c20-18(21,22)9-1-8(2-10(3-9)19(23,24)25)4-26-15-12-16(28-6-27-15)30(7-29-12)17-14(33)13(32)11(5-31)34-17/h1-3,6-7,11,13-14,17,31-33H,4-5H2,(H,26,27,28)/t11-,13-,14+,17-/m1/s1. The van der Waals surface area contributed by atoms with Crippen molar-refractivity contribution >= 4 is 17.0 Å². The van der Waals surface area contributed by atoms with Gasteiger partial charge in [-0.3, -0.25) is 4.57 Å². The van der Waals surface area contributed by atoms with Crippen LogP contribution in [0.5, 0.6) is 0 Å². The van der Waals surface area contributed by atoms with E-state index in [0.29, 0.717) is 12.1 Å². The highest BCUT2D eigenvalue weighted by Crippen LogP contribution is 2.37. The lowest BCUT2D eigenvalue weighted by molar-refractivity contribution is -0.143. The van der Waals surface area contributed by atoms with Crippen molar-refractivity contribution in [1.82, 2.24) is 19.5 Å². The summed E-state index contributed by atoms with van der Waals surface area (Å²) in [4.78, 5) is 12.0. The first-order chi connectivity index (χ1) is 15.9. The molecule has 1 aliphatic rings. The maximum Gasteiger partial charge on any atom is 0.416 e. The maximum atomic E-state index is 13.1. The van der Waals surface area contributed by atoms with Crippen LogP contribution in [-0.4, -0.2) is 59.8 Å². The number of benzene rings is 1. The van der Waals surface area contributed by atoms with E-state index in [-0.39, 0.29) is 28.6 Å². The van der Waals surface area contributed by atoms with E-state index in [1.807, 2.05) is 0 Å². The molecule has 4 N–H and O–H groups in total. The third-order valence-electron chi connectivity index (χ3n) is 5.26. The largest absolute Gasteiger partial charge is 0.416 e. The van der Waals surface area contributed by atoms with Gasteiger partial charge in [-0.25, -0.2) is 15.0 Å². The van der Waals surface area contributed by atoms with Gasteiger partial charge in [0.2, 0.25) is 0 Å². The van der Waals surface area contributed by atoms with Gasteiger partial charge in [0, 0.05) is 6.54 Å². The molecular formula is C19H17F6N5O4. The Balaban J connectivity index is 1.62. The van der Waals surface area contributed by atoms with Crippen LogP contribution in [-0.2, 0) is 23.6 Å². The summed E-state index contributed by atoms with van der Waals surface area (Å²) < 4.78 is 85.2. The van der Waals surface area contributed by atoms with Crippen molar-refractivity contribution in [3.05, 3.63) is 47.5 Å². The lowest BCUT2D eigenvalue weighted by Crippen LogP contribution is -2.33. The highest BCUT2D eigenvalue weighted by atomic mass is 19.4. The van der Waals surface area contributed by atoms with Gasteiger partial charge in [0.1, 0.15) is 24.6 Å². The number of fused-ring (bicyclic) bond motifs is 1. The molecule has 1 fully saturated rings. The summed E-state index contributed by atoms with van der Waals surface area (Å²) >= 11 is 0. The summed E-state index contributed by atoms with van der Waals surface area (Å²) in [7, 11) is 0. The third-order valence-corrected chi connectivity index (χ3v) is 5.26. The summed E-state index contributed by atoms with van der Waals surface area (Å²) in [6, 6.07) is 1.23. The van der Waals surface area contributed by atoms with Gasteiger partial charge in [0.25, 0.3) is 0 Å². The fraction of sp³-hybridized carbons (Fsp3) is 0.421. The number of anilines is 1. The van der Waals surface area contributed by atoms with Crippen molar-refractivity contribution in [2.45, 2.75) is 43.4 Å². The van der Waals surface area contributed by atoms with Gasteiger partial charge in [0.05, 0.1) is 24.1 Å². The lowest BCUT2D eigenvalue weighted by atomic mass is 10.0. The lowest BCUT2D eigenvalue weighted by Gasteiger charge is -2.16. The normalized spacial score (nSPS) is 23.6. The number of nitrogens with one attached hydrogen (secondary N) is 1. The number of nitrogens with zero attached hydrogens (tertiary/aromatic N) is 4. The van der Waals surface area contributed by atoms with Gasteiger partial charge in [-0.2, -0.15) is 26.3 Å². The van der Waals surface area contributed by atoms with Crippen LogP contribution in [0.3, 0.4) is 0 Å². The summed E-state index contributed by atoms with van der Waals surface area (Å²) in [5, 5.41) is 32.1. The van der Waals surface area contributed by atoms with Crippen LogP contribution in [0.25, 0.3) is 11.2 Å². The SMILES string of the molecule is OC[C@H]1O[C@@H](n2cnc3c(NCc4cc(C(F)(F)F)cc(C(F)(F)F)c4)ncnc32)[C@@H](O)[C@@H]1O. The molecule has 1 saturated heterocycles. The first-order valence-electron chi connectivity index (χ1n) is 9.72. The van der Waals surface area contributed by atoms with Crippen LogP contribution in [0.2, 0.25) is 0 Å². The molecule has 0 spiro atoms. The molecule has 34 heavy (non-hydrogen) atoms. The highest BCUT2D eigenvalue weighted by Gasteiger charge is 2.44. The van der Waals surface area contributed by atoms with Crippen molar-refractivity contribution in [2.24, 2.45) is 0 Å². The summed E-state index contributed by atoms with van der Waals surface area (Å²) in [6.07, 6.45) is -12.7. The molecule has 0 bridgehead atoms. The van der Waals surface area contributed by atoms with Crippen LogP contribution < -0.4 is 5.32 Å². The second kappa shape index (κ2) is 8.65. The maximum absolute atomic E-state index is 13.1. The van der Waals surface area contributed by atoms with Crippen LogP contribution in [0.4, 0.5) is 32.2 Å². The van der Waals surface area contributed by atoms with E-state index >= 15 is 0 Å². The van der Waals surface area contributed by atoms with Crippen LogP contribution in [0.1, 0.15) is 22.9 Å². The van der Waals surface area contributed by atoms with E-state index in [1.165, 1.54) is 10.9 Å². The third kappa shape index (κ3) is 4.51. The molecular weight excluding hydrogens is 476 g/mol. The fourth-order valence-electron chi connectivity index (χ4n) is 3.58. The number of imidazole rings is 1. The molecule has 2 aromatic heterocycles. The van der Waals surface area contributed by atoms with E-state index in [0.717, 1.165) is 6.33 Å². The van der Waals surface area contributed by atoms with Gasteiger partial charge in [-0.15, -0.1) is 0 Å². The molecule has 4 rings (SSSR count). The van der Waals surface area contributed by atoms with Crippen molar-refractivity contribution < 1.29 is 46.4 Å². The number of alkyl halides is 6. The number of aromatic nitrogens is 4. The van der Waals surface area contributed by atoms with Crippen LogP contribution in [0.15, 0.2) is 30.9 Å². The first-order valence-corrected chi connectivity index (χ1v) is 9.72. The van der Waals surface area contributed by atoms with Gasteiger partial charge in [-0.1, -0.05) is 0 Å². The fourth-order valence-corrected chi connectivity index (χ4v) is 3.58. The summed E-state index contributed by atoms with van der Waals surface area (Å²) in [6.45, 7) is -1.00. The first kappa shape index (κ1) is 24.1.